The van der Waals surface area contributed by atoms with Crippen molar-refractivity contribution in [2.45, 2.75) is 63.2 Å². The molecule has 4 aliphatic rings. The van der Waals surface area contributed by atoms with Crippen molar-refractivity contribution < 1.29 is 0 Å². The molecule has 0 aromatic heterocycles. The molecule has 0 amide bonds. The van der Waals surface area contributed by atoms with E-state index in [0.717, 1.165) is 0 Å². The fourth-order valence-electron chi connectivity index (χ4n) is 7.18. The van der Waals surface area contributed by atoms with Crippen molar-refractivity contribution in [2.75, 3.05) is 0 Å². The Balaban J connectivity index is 1.32. The summed E-state index contributed by atoms with van der Waals surface area (Å²) in [6.45, 7) is 0. The summed E-state index contributed by atoms with van der Waals surface area (Å²) in [6, 6.07) is 18.5. The van der Waals surface area contributed by atoms with E-state index in [1.54, 1.807) is 22.3 Å². The molecule has 2 aromatic carbocycles. The second kappa shape index (κ2) is 6.21. The summed E-state index contributed by atoms with van der Waals surface area (Å²) in [5.41, 5.74) is 7.40. The van der Waals surface area contributed by atoms with Crippen LogP contribution in [0.4, 0.5) is 0 Å². The smallest absolute Gasteiger partial charge is 0.00804 e. The van der Waals surface area contributed by atoms with E-state index < -0.39 is 0 Å². The van der Waals surface area contributed by atoms with Crippen molar-refractivity contribution in [2.24, 2.45) is 10.8 Å². The first-order chi connectivity index (χ1) is 13.8. The maximum Gasteiger partial charge on any atom is 0.00804 e. The minimum atomic E-state index is 0.466. The van der Waals surface area contributed by atoms with Crippen LogP contribution in [0.3, 0.4) is 0 Å². The second-order valence-corrected chi connectivity index (χ2v) is 9.86. The Morgan fingerprint density at radius 1 is 0.643 bits per heavy atom. The monoisotopic (exact) mass is 366 g/mol. The first-order valence-corrected chi connectivity index (χ1v) is 11.3. The van der Waals surface area contributed by atoms with Gasteiger partial charge in [0.2, 0.25) is 0 Å². The lowest BCUT2D eigenvalue weighted by atomic mass is 9.61. The highest BCUT2D eigenvalue weighted by atomic mass is 14.5. The lowest BCUT2D eigenvalue weighted by Crippen LogP contribution is -2.33. The predicted octanol–water partition coefficient (Wildman–Crippen LogP) is 7.12. The molecule has 0 bridgehead atoms. The highest BCUT2D eigenvalue weighted by Gasteiger charge is 2.50. The van der Waals surface area contributed by atoms with E-state index in [2.05, 4.69) is 72.8 Å². The predicted molar refractivity (Wildman–Crippen MR) is 117 cm³/mol. The van der Waals surface area contributed by atoms with Crippen LogP contribution in [0.5, 0.6) is 0 Å². The molecule has 142 valence electrons. The van der Waals surface area contributed by atoms with E-state index in [-0.39, 0.29) is 0 Å². The van der Waals surface area contributed by atoms with E-state index in [1.165, 1.54) is 51.4 Å². The molecule has 0 saturated heterocycles. The van der Waals surface area contributed by atoms with Gasteiger partial charge in [-0.05, 0) is 84.5 Å². The molecular formula is C28H30. The minimum Gasteiger partial charge on any atom is -0.0879 e. The van der Waals surface area contributed by atoms with Crippen LogP contribution in [0.25, 0.3) is 0 Å². The van der Waals surface area contributed by atoms with Gasteiger partial charge in [-0.25, -0.2) is 0 Å². The van der Waals surface area contributed by atoms with Gasteiger partial charge >= 0.3 is 0 Å². The average molecular weight is 367 g/mol. The molecule has 28 heavy (non-hydrogen) atoms. The third-order valence-electron chi connectivity index (χ3n) is 8.58. The molecule has 0 aliphatic heterocycles. The van der Waals surface area contributed by atoms with Crippen LogP contribution < -0.4 is 0 Å². The number of hydrogen-bond acceptors (Lipinski definition) is 0. The molecule has 0 heterocycles. The highest BCUT2D eigenvalue weighted by Crippen LogP contribution is 2.61. The van der Waals surface area contributed by atoms with E-state index in [1.807, 2.05) is 0 Å². The van der Waals surface area contributed by atoms with Gasteiger partial charge in [-0.2, -0.15) is 0 Å². The number of hydrogen-bond donors (Lipinski definition) is 0. The first-order valence-electron chi connectivity index (χ1n) is 11.3. The van der Waals surface area contributed by atoms with Crippen molar-refractivity contribution in [1.82, 2.24) is 0 Å². The van der Waals surface area contributed by atoms with Crippen LogP contribution in [-0.4, -0.2) is 0 Å². The Kier molecular flexibility index (Phi) is 3.73. The Morgan fingerprint density at radius 2 is 1.11 bits per heavy atom. The number of fused-ring (bicyclic) bond motifs is 6. The van der Waals surface area contributed by atoms with Gasteiger partial charge in [0.1, 0.15) is 0 Å². The van der Waals surface area contributed by atoms with Gasteiger partial charge < -0.3 is 0 Å². The standard InChI is InChI=1S/C28H30/c1-3-11-23-21(9-1)19-27(15-7-5-13-25(23)27)17-18-28-16-8-6-14-26(28)24-12-4-2-10-22(24)20-28/h1-6,9-14,25-26H,7-8,15-20H2. The molecule has 0 nitrogen and oxygen atoms in total. The zero-order valence-electron chi connectivity index (χ0n) is 16.7. The van der Waals surface area contributed by atoms with Crippen molar-refractivity contribution in [3.8, 4) is 0 Å². The molecule has 4 unspecified atom stereocenters. The SMILES string of the molecule is C1=CC2c3ccccc3CC2(CCC23CCC=CC2c2ccccc2C3)CC1. The molecule has 0 spiro atoms. The maximum atomic E-state index is 2.55. The van der Waals surface area contributed by atoms with Crippen LogP contribution >= 0.6 is 0 Å². The Morgan fingerprint density at radius 3 is 1.61 bits per heavy atom. The van der Waals surface area contributed by atoms with E-state index in [9.17, 15) is 0 Å². The van der Waals surface area contributed by atoms with Crippen LogP contribution in [0.2, 0.25) is 0 Å². The minimum absolute atomic E-state index is 0.466. The molecule has 6 rings (SSSR count). The molecule has 0 fully saturated rings. The maximum absolute atomic E-state index is 2.55. The first kappa shape index (κ1) is 16.8. The molecule has 4 aliphatic carbocycles. The Bertz CT molecular complexity index is 884. The summed E-state index contributed by atoms with van der Waals surface area (Å²) in [7, 11) is 0. The summed E-state index contributed by atoms with van der Waals surface area (Å²) < 4.78 is 0. The van der Waals surface area contributed by atoms with Gasteiger partial charge in [-0.1, -0.05) is 72.8 Å². The summed E-state index contributed by atoms with van der Waals surface area (Å²) in [6.07, 6.45) is 20.6. The van der Waals surface area contributed by atoms with Gasteiger partial charge in [-0.15, -0.1) is 0 Å². The Labute approximate surface area is 169 Å². The molecule has 0 radical (unpaired) electrons. The fraction of sp³-hybridized carbons (Fsp3) is 0.429. The van der Waals surface area contributed by atoms with Crippen molar-refractivity contribution in [3.63, 3.8) is 0 Å². The largest absolute Gasteiger partial charge is 0.0879 e. The zero-order valence-corrected chi connectivity index (χ0v) is 16.7. The average Bonchev–Trinajstić information content (AvgIpc) is 3.26. The number of benzene rings is 2. The summed E-state index contributed by atoms with van der Waals surface area (Å²) >= 11 is 0. The fourth-order valence-corrected chi connectivity index (χ4v) is 7.18. The third kappa shape index (κ3) is 2.36. The van der Waals surface area contributed by atoms with Crippen molar-refractivity contribution in [3.05, 3.63) is 95.1 Å². The van der Waals surface area contributed by atoms with Crippen molar-refractivity contribution in [1.29, 1.82) is 0 Å². The van der Waals surface area contributed by atoms with Crippen LogP contribution in [-0.2, 0) is 12.8 Å². The number of allylic oxidation sites excluding steroid dienone is 4. The van der Waals surface area contributed by atoms with Crippen LogP contribution in [0.15, 0.2) is 72.8 Å². The third-order valence-corrected chi connectivity index (χ3v) is 8.58. The molecule has 4 atom stereocenters. The lowest BCUT2D eigenvalue weighted by Gasteiger charge is -2.43. The number of rotatable bonds is 3. The summed E-state index contributed by atoms with van der Waals surface area (Å²) in [5, 5.41) is 0. The zero-order chi connectivity index (χ0) is 18.6. The van der Waals surface area contributed by atoms with Crippen molar-refractivity contribution >= 4 is 0 Å². The Hall–Kier alpha value is -2.08. The van der Waals surface area contributed by atoms with Gasteiger partial charge in [-0.3, -0.25) is 0 Å². The van der Waals surface area contributed by atoms with Crippen LogP contribution in [0, 0.1) is 10.8 Å². The summed E-state index contributed by atoms with van der Waals surface area (Å²) in [4.78, 5) is 0. The van der Waals surface area contributed by atoms with Crippen LogP contribution in [0.1, 0.15) is 72.6 Å². The van der Waals surface area contributed by atoms with Gasteiger partial charge in [0.05, 0.1) is 0 Å². The highest BCUT2D eigenvalue weighted by molar-refractivity contribution is 5.44. The van der Waals surface area contributed by atoms with E-state index in [4.69, 9.17) is 0 Å². The topological polar surface area (TPSA) is 0 Å². The van der Waals surface area contributed by atoms with Gasteiger partial charge in [0.25, 0.3) is 0 Å². The van der Waals surface area contributed by atoms with Gasteiger partial charge in [0, 0.05) is 11.8 Å². The summed E-state index contributed by atoms with van der Waals surface area (Å²) in [5.74, 6) is 1.30. The molecular weight excluding hydrogens is 336 g/mol. The quantitative estimate of drug-likeness (QED) is 0.507. The molecule has 2 aromatic rings. The lowest BCUT2D eigenvalue weighted by molar-refractivity contribution is 0.141. The molecule has 0 heteroatoms. The second-order valence-electron chi connectivity index (χ2n) is 9.86. The van der Waals surface area contributed by atoms with Gasteiger partial charge in [0.15, 0.2) is 0 Å². The van der Waals surface area contributed by atoms with E-state index in [0.29, 0.717) is 22.7 Å². The molecule has 0 saturated carbocycles. The molecule has 0 N–H and O–H groups in total. The normalized spacial score (nSPS) is 34.6. The van der Waals surface area contributed by atoms with E-state index >= 15 is 0 Å².